The lowest BCUT2D eigenvalue weighted by atomic mass is 10.1. The van der Waals surface area contributed by atoms with E-state index in [0.717, 1.165) is 0 Å². The molecule has 0 saturated heterocycles. The number of rotatable bonds is 4. The van der Waals surface area contributed by atoms with Gasteiger partial charge in [-0.3, -0.25) is 30.3 Å². The molecule has 1 N–H and O–H groups in total. The van der Waals surface area contributed by atoms with E-state index in [0.29, 0.717) is 0 Å². The Morgan fingerprint density at radius 1 is 0.952 bits per heavy atom. The lowest BCUT2D eigenvalue weighted by molar-refractivity contribution is -0.422. The first-order valence-electron chi connectivity index (χ1n) is 4.78. The highest BCUT2D eigenvalue weighted by Gasteiger charge is 2.41. The molecule has 1 aromatic heterocycles. The van der Waals surface area contributed by atoms with Gasteiger partial charge >= 0.3 is 17.1 Å². The lowest BCUT2D eigenvalue weighted by Gasteiger charge is -2.00. The Kier molecular flexibility index (Phi) is 3.01. The summed E-state index contributed by atoms with van der Waals surface area (Å²) in [7, 11) is 0. The number of azide groups is 1. The number of hydrogen-bond donors (Lipinski definition) is 1. The minimum Gasteiger partial charge on any atom is -0.258 e. The SMILES string of the molecule is [N-]=[N+]=Nc1c([N+](=O)[O-])c([N+](=O)[O-])c2n[nH]nc2c1[N+](=O)[O-]. The molecule has 0 atom stereocenters. The number of fused-ring (bicyclic) bond motifs is 1. The minimum absolute atomic E-state index is 0.625. The van der Waals surface area contributed by atoms with E-state index >= 15 is 0 Å². The van der Waals surface area contributed by atoms with Gasteiger partial charge in [0.15, 0.2) is 5.52 Å². The molecule has 2 aromatic rings. The smallest absolute Gasteiger partial charge is 0.258 e. The van der Waals surface area contributed by atoms with E-state index in [-0.39, 0.29) is 0 Å². The van der Waals surface area contributed by atoms with Gasteiger partial charge in [0.1, 0.15) is 0 Å². The molecule has 0 aliphatic rings. The van der Waals surface area contributed by atoms with Crippen LogP contribution in [0.15, 0.2) is 5.11 Å². The summed E-state index contributed by atoms with van der Waals surface area (Å²) in [6.07, 6.45) is 0. The Labute approximate surface area is 111 Å². The van der Waals surface area contributed by atoms with Crippen LogP contribution in [0, 0.1) is 30.3 Å². The molecule has 0 aliphatic heterocycles. The van der Waals surface area contributed by atoms with Gasteiger partial charge in [0, 0.05) is 4.91 Å². The van der Waals surface area contributed by atoms with Gasteiger partial charge in [-0.05, 0) is 10.6 Å². The summed E-state index contributed by atoms with van der Waals surface area (Å²) in [6, 6.07) is 0. The fourth-order valence-electron chi connectivity index (χ4n) is 1.67. The number of aromatic amines is 1. The number of nitro benzene ring substituents is 3. The van der Waals surface area contributed by atoms with Crippen LogP contribution in [0.4, 0.5) is 22.7 Å². The molecule has 21 heavy (non-hydrogen) atoms. The molecule has 15 heteroatoms. The van der Waals surface area contributed by atoms with Crippen LogP contribution in [0.2, 0.25) is 0 Å². The van der Waals surface area contributed by atoms with E-state index in [1.165, 1.54) is 0 Å². The molecule has 0 unspecified atom stereocenters. The predicted octanol–water partition coefficient (Wildman–Crippen LogP) is 1.62. The molecule has 15 nitrogen and oxygen atoms in total. The van der Waals surface area contributed by atoms with Crippen LogP contribution in [0.1, 0.15) is 0 Å². The average Bonchev–Trinajstić information content (AvgIpc) is 2.84. The van der Waals surface area contributed by atoms with Crippen molar-refractivity contribution in [2.45, 2.75) is 0 Å². The number of H-pyrrole nitrogens is 1. The molecule has 0 saturated carbocycles. The second kappa shape index (κ2) is 4.67. The highest BCUT2D eigenvalue weighted by Crippen LogP contribution is 2.48. The summed E-state index contributed by atoms with van der Waals surface area (Å²) in [4.78, 5) is 31.7. The summed E-state index contributed by atoms with van der Waals surface area (Å²) in [5.41, 5.74) is 2.43. The zero-order valence-corrected chi connectivity index (χ0v) is 9.53. The topological polar surface area (TPSA) is 220 Å². The molecular weight excluding hydrogens is 294 g/mol. The largest absolute Gasteiger partial charge is 0.376 e. The van der Waals surface area contributed by atoms with Crippen molar-refractivity contribution in [3.05, 3.63) is 40.8 Å². The van der Waals surface area contributed by atoms with Crippen molar-refractivity contribution in [2.24, 2.45) is 5.11 Å². The zero-order valence-electron chi connectivity index (χ0n) is 9.53. The van der Waals surface area contributed by atoms with Crippen molar-refractivity contribution >= 4 is 33.8 Å². The quantitative estimate of drug-likeness (QED) is 0.286. The van der Waals surface area contributed by atoms with Crippen molar-refractivity contribution in [2.75, 3.05) is 0 Å². The molecule has 0 amide bonds. The summed E-state index contributed by atoms with van der Waals surface area (Å²) in [5.74, 6) is 0. The Bertz CT molecular complexity index is 794. The Morgan fingerprint density at radius 2 is 1.43 bits per heavy atom. The summed E-state index contributed by atoms with van der Waals surface area (Å²) < 4.78 is 0. The van der Waals surface area contributed by atoms with E-state index in [1.807, 2.05) is 5.21 Å². The number of nitrogens with zero attached hydrogens (tertiary/aromatic N) is 8. The van der Waals surface area contributed by atoms with E-state index in [4.69, 9.17) is 5.53 Å². The summed E-state index contributed by atoms with van der Waals surface area (Å²) in [5, 5.41) is 44.4. The van der Waals surface area contributed by atoms with Gasteiger partial charge in [0.05, 0.1) is 14.8 Å². The van der Waals surface area contributed by atoms with Crippen LogP contribution in [-0.4, -0.2) is 30.2 Å². The van der Waals surface area contributed by atoms with Crippen LogP contribution in [0.3, 0.4) is 0 Å². The fraction of sp³-hybridized carbons (Fsp3) is 0. The van der Waals surface area contributed by atoms with Gasteiger partial charge in [-0.15, -0.1) is 10.2 Å². The van der Waals surface area contributed by atoms with Gasteiger partial charge in [-0.25, -0.2) is 0 Å². The molecule has 1 aromatic carbocycles. The van der Waals surface area contributed by atoms with Crippen molar-refractivity contribution in [1.82, 2.24) is 15.4 Å². The van der Waals surface area contributed by atoms with Crippen molar-refractivity contribution in [3.8, 4) is 0 Å². The molecule has 2 rings (SSSR count). The van der Waals surface area contributed by atoms with Gasteiger partial charge in [-0.1, -0.05) is 0 Å². The lowest BCUT2D eigenvalue weighted by Crippen LogP contribution is -2.01. The van der Waals surface area contributed by atoms with Crippen LogP contribution >= 0.6 is 0 Å². The zero-order chi connectivity index (χ0) is 15.7. The fourth-order valence-corrected chi connectivity index (χ4v) is 1.67. The Morgan fingerprint density at radius 3 is 1.86 bits per heavy atom. The van der Waals surface area contributed by atoms with Gasteiger partial charge in [0.25, 0.3) is 0 Å². The minimum atomic E-state index is -1.33. The molecule has 0 fully saturated rings. The van der Waals surface area contributed by atoms with Crippen LogP contribution in [0.25, 0.3) is 21.5 Å². The third-order valence-corrected chi connectivity index (χ3v) is 2.36. The molecule has 0 radical (unpaired) electrons. The number of nitrogens with one attached hydrogen (secondary N) is 1. The average molecular weight is 295 g/mol. The first kappa shape index (κ1) is 13.6. The molecule has 0 bridgehead atoms. The maximum atomic E-state index is 11.0. The first-order valence-corrected chi connectivity index (χ1v) is 4.78. The van der Waals surface area contributed by atoms with Crippen molar-refractivity contribution in [3.63, 3.8) is 0 Å². The third kappa shape index (κ3) is 1.90. The normalized spacial score (nSPS) is 10.1. The van der Waals surface area contributed by atoms with Crippen LogP contribution in [0.5, 0.6) is 0 Å². The van der Waals surface area contributed by atoms with Crippen LogP contribution < -0.4 is 0 Å². The van der Waals surface area contributed by atoms with Gasteiger partial charge in [-0.2, -0.15) is 5.21 Å². The van der Waals surface area contributed by atoms with Crippen molar-refractivity contribution < 1.29 is 14.8 Å². The van der Waals surface area contributed by atoms with E-state index in [9.17, 15) is 30.3 Å². The number of hydrogen-bond acceptors (Lipinski definition) is 9. The second-order valence-electron chi connectivity index (χ2n) is 3.38. The number of benzene rings is 1. The van der Waals surface area contributed by atoms with E-state index in [1.54, 1.807) is 0 Å². The molecular formula is C6HN9O6. The Balaban J connectivity index is 3.19. The molecule has 106 valence electrons. The number of nitro groups is 3. The number of aromatic nitrogens is 3. The predicted molar refractivity (Wildman–Crippen MR) is 62.7 cm³/mol. The van der Waals surface area contributed by atoms with E-state index in [2.05, 4.69) is 20.2 Å². The highest BCUT2D eigenvalue weighted by molar-refractivity contribution is 6.02. The van der Waals surface area contributed by atoms with Crippen LogP contribution in [-0.2, 0) is 0 Å². The maximum absolute atomic E-state index is 11.0. The van der Waals surface area contributed by atoms with Gasteiger partial charge in [0.2, 0.25) is 11.2 Å². The summed E-state index contributed by atoms with van der Waals surface area (Å²) in [6.45, 7) is 0. The first-order chi connectivity index (χ1) is 9.90. The van der Waals surface area contributed by atoms with Gasteiger partial charge < -0.3 is 0 Å². The molecule has 1 heterocycles. The third-order valence-electron chi connectivity index (χ3n) is 2.36. The van der Waals surface area contributed by atoms with Crippen molar-refractivity contribution in [1.29, 1.82) is 0 Å². The van der Waals surface area contributed by atoms with E-state index < -0.39 is 48.6 Å². The Hall–Kier alpha value is -3.87. The molecule has 0 spiro atoms. The molecule has 0 aliphatic carbocycles. The standard InChI is InChI=1S/C6HN9O6/c7-11-8-3-4(13(16)17)1-2(10-12-9-1)5(14(18)19)6(3)15(20)21/h(H,9,10,12). The summed E-state index contributed by atoms with van der Waals surface area (Å²) >= 11 is 0. The maximum Gasteiger partial charge on any atom is 0.376 e. The monoisotopic (exact) mass is 295 g/mol. The second-order valence-corrected chi connectivity index (χ2v) is 3.38. The highest BCUT2D eigenvalue weighted by atomic mass is 16.6.